The highest BCUT2D eigenvalue weighted by atomic mass is 32.1. The molecule has 0 amide bonds. The fourth-order valence-electron chi connectivity index (χ4n) is 2.12. The summed E-state index contributed by atoms with van der Waals surface area (Å²) in [6, 6.07) is 7.02. The number of nitrogens with one attached hydrogen (secondary N) is 1. The van der Waals surface area contributed by atoms with Crippen LogP contribution in [0.15, 0.2) is 24.4 Å². The van der Waals surface area contributed by atoms with E-state index in [4.69, 9.17) is 0 Å². The summed E-state index contributed by atoms with van der Waals surface area (Å²) in [6.45, 7) is 6.38. The third-order valence-corrected chi connectivity index (χ3v) is 4.29. The first kappa shape index (κ1) is 13.2. The number of aromatic nitrogens is 1. The van der Waals surface area contributed by atoms with Crippen LogP contribution in [0.3, 0.4) is 0 Å². The molecule has 18 heavy (non-hydrogen) atoms. The van der Waals surface area contributed by atoms with E-state index >= 15 is 0 Å². The van der Waals surface area contributed by atoms with E-state index in [9.17, 15) is 0 Å². The van der Waals surface area contributed by atoms with E-state index in [0.29, 0.717) is 6.04 Å². The highest BCUT2D eigenvalue weighted by Gasteiger charge is 2.14. The van der Waals surface area contributed by atoms with Gasteiger partial charge in [-0.25, -0.2) is 4.98 Å². The monoisotopic (exact) mass is 260 g/mol. The summed E-state index contributed by atoms with van der Waals surface area (Å²) >= 11 is 1.78. The molecule has 0 spiro atoms. The van der Waals surface area contributed by atoms with Gasteiger partial charge >= 0.3 is 0 Å². The Balaban J connectivity index is 2.22. The van der Waals surface area contributed by atoms with E-state index in [1.165, 1.54) is 21.6 Å². The molecular formula is C15H20N2S. The molecular weight excluding hydrogens is 240 g/mol. The Labute approximate surface area is 113 Å². The van der Waals surface area contributed by atoms with Crippen molar-refractivity contribution in [3.05, 3.63) is 51.0 Å². The van der Waals surface area contributed by atoms with E-state index in [-0.39, 0.29) is 0 Å². The number of benzene rings is 1. The highest BCUT2D eigenvalue weighted by molar-refractivity contribution is 7.11. The van der Waals surface area contributed by atoms with Gasteiger partial charge in [0, 0.05) is 17.1 Å². The van der Waals surface area contributed by atoms with Crippen LogP contribution in [-0.4, -0.2) is 12.0 Å². The standard InChI is InChI=1S/C15H20N2S/c1-10-5-6-11(2)13(7-10)8-14(16-4)15-9-17-12(3)18-15/h5-7,9,14,16H,8H2,1-4H3. The fourth-order valence-corrected chi connectivity index (χ4v) is 3.02. The Bertz CT molecular complexity index is 531. The Morgan fingerprint density at radius 3 is 2.67 bits per heavy atom. The third kappa shape index (κ3) is 2.98. The molecule has 0 aliphatic heterocycles. The predicted octanol–water partition coefficient (Wildman–Crippen LogP) is 3.57. The number of thiazole rings is 1. The third-order valence-electron chi connectivity index (χ3n) is 3.26. The van der Waals surface area contributed by atoms with Crippen molar-refractivity contribution in [3.8, 4) is 0 Å². The van der Waals surface area contributed by atoms with Crippen LogP contribution in [0.5, 0.6) is 0 Å². The molecule has 1 N–H and O–H groups in total. The summed E-state index contributed by atoms with van der Waals surface area (Å²) in [4.78, 5) is 5.66. The zero-order chi connectivity index (χ0) is 13.1. The van der Waals surface area contributed by atoms with Crippen LogP contribution in [0.25, 0.3) is 0 Å². The van der Waals surface area contributed by atoms with Gasteiger partial charge in [0.2, 0.25) is 0 Å². The Morgan fingerprint density at radius 2 is 2.06 bits per heavy atom. The molecule has 0 radical (unpaired) electrons. The molecule has 2 nitrogen and oxygen atoms in total. The lowest BCUT2D eigenvalue weighted by molar-refractivity contribution is 0.599. The maximum atomic E-state index is 4.35. The summed E-state index contributed by atoms with van der Waals surface area (Å²) in [5.41, 5.74) is 4.11. The molecule has 1 aromatic carbocycles. The number of likely N-dealkylation sites (N-methyl/N-ethyl adjacent to an activating group) is 1. The molecule has 3 heteroatoms. The Morgan fingerprint density at radius 1 is 1.28 bits per heavy atom. The van der Waals surface area contributed by atoms with E-state index in [0.717, 1.165) is 11.4 Å². The minimum Gasteiger partial charge on any atom is -0.312 e. The molecule has 1 unspecified atom stereocenters. The second kappa shape index (κ2) is 5.63. The summed E-state index contributed by atoms with van der Waals surface area (Å²) in [5, 5.41) is 4.53. The van der Waals surface area contributed by atoms with Gasteiger partial charge in [-0.1, -0.05) is 23.8 Å². The first-order valence-electron chi connectivity index (χ1n) is 6.26. The fraction of sp³-hybridized carbons (Fsp3) is 0.400. The maximum absolute atomic E-state index is 4.35. The predicted molar refractivity (Wildman–Crippen MR) is 78.3 cm³/mol. The number of hydrogen-bond acceptors (Lipinski definition) is 3. The highest BCUT2D eigenvalue weighted by Crippen LogP contribution is 2.25. The Hall–Kier alpha value is -1.19. The summed E-state index contributed by atoms with van der Waals surface area (Å²) in [5.74, 6) is 0. The van der Waals surface area contributed by atoms with Crippen molar-refractivity contribution in [1.29, 1.82) is 0 Å². The average molecular weight is 260 g/mol. The zero-order valence-electron chi connectivity index (χ0n) is 11.4. The smallest absolute Gasteiger partial charge is 0.0897 e. The molecule has 0 saturated heterocycles. The van der Waals surface area contributed by atoms with Crippen molar-refractivity contribution in [2.45, 2.75) is 33.2 Å². The number of aryl methyl sites for hydroxylation is 3. The minimum absolute atomic E-state index is 0.358. The second-order valence-corrected chi connectivity index (χ2v) is 6.02. The average Bonchev–Trinajstić information content (AvgIpc) is 2.77. The molecule has 0 aliphatic rings. The Kier molecular flexibility index (Phi) is 4.15. The number of hydrogen-bond donors (Lipinski definition) is 1. The van der Waals surface area contributed by atoms with Crippen molar-refractivity contribution >= 4 is 11.3 Å². The minimum atomic E-state index is 0.358. The lowest BCUT2D eigenvalue weighted by Crippen LogP contribution is -2.18. The van der Waals surface area contributed by atoms with E-state index in [1.807, 2.05) is 13.2 Å². The van der Waals surface area contributed by atoms with Crippen LogP contribution < -0.4 is 5.32 Å². The van der Waals surface area contributed by atoms with Gasteiger partial charge in [-0.3, -0.25) is 0 Å². The quantitative estimate of drug-likeness (QED) is 0.909. The van der Waals surface area contributed by atoms with Gasteiger partial charge in [0.25, 0.3) is 0 Å². The lowest BCUT2D eigenvalue weighted by Gasteiger charge is -2.16. The van der Waals surface area contributed by atoms with E-state index in [1.54, 1.807) is 11.3 Å². The van der Waals surface area contributed by atoms with Crippen molar-refractivity contribution in [3.63, 3.8) is 0 Å². The first-order valence-corrected chi connectivity index (χ1v) is 7.07. The number of rotatable bonds is 4. The molecule has 0 saturated carbocycles. The van der Waals surface area contributed by atoms with Gasteiger partial charge in [-0.2, -0.15) is 0 Å². The molecule has 1 heterocycles. The topological polar surface area (TPSA) is 24.9 Å². The van der Waals surface area contributed by atoms with Gasteiger partial charge in [0.05, 0.1) is 5.01 Å². The normalized spacial score (nSPS) is 12.7. The molecule has 0 fully saturated rings. The summed E-state index contributed by atoms with van der Waals surface area (Å²) < 4.78 is 0. The molecule has 0 aliphatic carbocycles. The second-order valence-electron chi connectivity index (χ2n) is 4.76. The molecule has 1 atom stereocenters. The maximum Gasteiger partial charge on any atom is 0.0897 e. The molecule has 96 valence electrons. The van der Waals surface area contributed by atoms with E-state index in [2.05, 4.69) is 49.3 Å². The van der Waals surface area contributed by atoms with Crippen LogP contribution in [-0.2, 0) is 6.42 Å². The van der Waals surface area contributed by atoms with Crippen LogP contribution in [0.1, 0.15) is 32.6 Å². The van der Waals surface area contributed by atoms with E-state index < -0.39 is 0 Å². The largest absolute Gasteiger partial charge is 0.312 e. The van der Waals surface area contributed by atoms with Gasteiger partial charge in [-0.15, -0.1) is 11.3 Å². The van der Waals surface area contributed by atoms with Crippen molar-refractivity contribution < 1.29 is 0 Å². The molecule has 1 aromatic heterocycles. The van der Waals surface area contributed by atoms with Gasteiger partial charge in [0.15, 0.2) is 0 Å². The first-order chi connectivity index (χ1) is 8.60. The summed E-state index contributed by atoms with van der Waals surface area (Å²) in [6.07, 6.45) is 3.01. The van der Waals surface area contributed by atoms with Crippen molar-refractivity contribution in [1.82, 2.24) is 10.3 Å². The van der Waals surface area contributed by atoms with Gasteiger partial charge in [0.1, 0.15) is 0 Å². The van der Waals surface area contributed by atoms with Crippen molar-refractivity contribution in [2.75, 3.05) is 7.05 Å². The van der Waals surface area contributed by atoms with Crippen LogP contribution in [0, 0.1) is 20.8 Å². The SMILES string of the molecule is CNC(Cc1cc(C)ccc1C)c1cnc(C)s1. The summed E-state index contributed by atoms with van der Waals surface area (Å²) in [7, 11) is 2.02. The van der Waals surface area contributed by atoms with Gasteiger partial charge < -0.3 is 5.32 Å². The zero-order valence-corrected chi connectivity index (χ0v) is 12.3. The number of nitrogens with zero attached hydrogens (tertiary/aromatic N) is 1. The van der Waals surface area contributed by atoms with Crippen LogP contribution in [0.2, 0.25) is 0 Å². The lowest BCUT2D eigenvalue weighted by atomic mass is 9.98. The molecule has 2 aromatic rings. The molecule has 0 bridgehead atoms. The van der Waals surface area contributed by atoms with Crippen molar-refractivity contribution in [2.24, 2.45) is 0 Å². The van der Waals surface area contributed by atoms with Crippen LogP contribution in [0.4, 0.5) is 0 Å². The molecule has 2 rings (SSSR count). The van der Waals surface area contributed by atoms with Gasteiger partial charge in [-0.05, 0) is 45.4 Å². The van der Waals surface area contributed by atoms with Crippen LogP contribution >= 0.6 is 11.3 Å².